The van der Waals surface area contributed by atoms with Gasteiger partial charge in [-0.2, -0.15) is 4.98 Å². The summed E-state index contributed by atoms with van der Waals surface area (Å²) in [5, 5.41) is 19.6. The average Bonchev–Trinajstić information content (AvgIpc) is 2.58. The van der Waals surface area contributed by atoms with Crippen LogP contribution in [0.2, 0.25) is 0 Å². The van der Waals surface area contributed by atoms with E-state index in [0.717, 1.165) is 10.9 Å². The number of nitrogens with zero attached hydrogens (tertiary/aromatic N) is 3. The number of hydrogen-bond acceptors (Lipinski definition) is 7. The highest BCUT2D eigenvalue weighted by atomic mass is 16.6. The molecule has 1 aliphatic rings. The lowest BCUT2D eigenvalue weighted by Gasteiger charge is -2.16. The van der Waals surface area contributed by atoms with Crippen LogP contribution in [0, 0.1) is 6.92 Å². The maximum atomic E-state index is 11.6. The lowest BCUT2D eigenvalue weighted by Crippen LogP contribution is -2.36. The second kappa shape index (κ2) is 5.01. The Balaban J connectivity index is 2.26. The van der Waals surface area contributed by atoms with E-state index in [0.29, 0.717) is 12.8 Å². The predicted octanol–water partition coefficient (Wildman–Crippen LogP) is -1.55. The van der Waals surface area contributed by atoms with Crippen molar-refractivity contribution in [3.63, 3.8) is 0 Å². The molecule has 0 amide bonds. The first-order valence-corrected chi connectivity index (χ1v) is 5.56. The fourth-order valence-corrected chi connectivity index (χ4v) is 1.93. The molecule has 2 heterocycles. The Morgan fingerprint density at radius 2 is 2.22 bits per heavy atom. The number of aromatic nitrogens is 3. The van der Waals surface area contributed by atoms with E-state index in [4.69, 9.17) is 10.5 Å². The Morgan fingerprint density at radius 1 is 1.50 bits per heavy atom. The van der Waals surface area contributed by atoms with Crippen LogP contribution in [0.25, 0.3) is 0 Å². The van der Waals surface area contributed by atoms with Crippen LogP contribution in [-0.4, -0.2) is 43.1 Å². The molecule has 8 heteroatoms. The van der Waals surface area contributed by atoms with E-state index in [1.165, 1.54) is 0 Å². The molecule has 0 aromatic carbocycles. The van der Waals surface area contributed by atoms with E-state index in [2.05, 4.69) is 16.9 Å². The van der Waals surface area contributed by atoms with Crippen molar-refractivity contribution in [1.29, 1.82) is 0 Å². The monoisotopic (exact) mass is 255 g/mol. The van der Waals surface area contributed by atoms with Gasteiger partial charge < -0.3 is 20.7 Å². The summed E-state index contributed by atoms with van der Waals surface area (Å²) >= 11 is 0. The second-order valence-electron chi connectivity index (χ2n) is 4.09. The Morgan fingerprint density at radius 3 is 2.83 bits per heavy atom. The molecule has 4 atom stereocenters. The smallest absolute Gasteiger partial charge is 0.354 e. The third-order valence-corrected chi connectivity index (χ3v) is 2.85. The largest absolute Gasteiger partial charge is 0.388 e. The van der Waals surface area contributed by atoms with Crippen molar-refractivity contribution in [2.75, 3.05) is 5.73 Å². The molecular weight excluding hydrogens is 240 g/mol. The minimum atomic E-state index is -1.22. The molecule has 4 N–H and O–H groups in total. The number of anilines is 1. The topological polar surface area (TPSA) is 123 Å². The summed E-state index contributed by atoms with van der Waals surface area (Å²) in [6.07, 6.45) is -1.69. The fourth-order valence-electron chi connectivity index (χ4n) is 1.93. The van der Waals surface area contributed by atoms with E-state index in [1.54, 1.807) is 0 Å². The zero-order valence-electron chi connectivity index (χ0n) is 9.64. The lowest BCUT2D eigenvalue weighted by molar-refractivity contribution is -0.0420. The molecule has 0 bridgehead atoms. The Kier molecular flexibility index (Phi) is 3.60. The van der Waals surface area contributed by atoms with Crippen molar-refractivity contribution in [2.45, 2.75) is 37.4 Å². The molecule has 0 saturated carbocycles. The molecule has 0 aliphatic carbocycles. The van der Waals surface area contributed by atoms with Crippen LogP contribution >= 0.6 is 0 Å². The Bertz CT molecular complexity index is 477. The fraction of sp³-hybridized carbons (Fsp3) is 0.600. The number of nitrogen functional groups attached to an aromatic ring is 1. The van der Waals surface area contributed by atoms with Crippen LogP contribution in [0.1, 0.15) is 19.1 Å². The first-order chi connectivity index (χ1) is 8.54. The molecule has 8 nitrogen and oxygen atoms in total. The lowest BCUT2D eigenvalue weighted by atomic mass is 10.1. The summed E-state index contributed by atoms with van der Waals surface area (Å²) in [7, 11) is 0. The summed E-state index contributed by atoms with van der Waals surface area (Å²) in [5.41, 5.74) is 4.58. The molecule has 1 aromatic rings. The Hall–Kier alpha value is -1.51. The molecule has 1 radical (unpaired) electrons. The number of nitrogens with two attached hydrogens (primary N) is 1. The Labute approximate surface area is 103 Å². The molecule has 1 aliphatic heterocycles. The maximum absolute atomic E-state index is 11.6. The van der Waals surface area contributed by atoms with Gasteiger partial charge in [0.2, 0.25) is 5.95 Å². The highest BCUT2D eigenvalue weighted by Crippen LogP contribution is 2.30. The van der Waals surface area contributed by atoms with Crippen molar-refractivity contribution in [1.82, 2.24) is 14.5 Å². The minimum Gasteiger partial charge on any atom is -0.388 e. The van der Waals surface area contributed by atoms with Crippen LogP contribution in [-0.2, 0) is 4.74 Å². The molecule has 1 saturated heterocycles. The van der Waals surface area contributed by atoms with Crippen molar-refractivity contribution in [3.05, 3.63) is 23.7 Å². The molecular formula is C10H15N4O4. The molecule has 18 heavy (non-hydrogen) atoms. The number of hydrogen-bond donors (Lipinski definition) is 3. The molecule has 0 spiro atoms. The first-order valence-electron chi connectivity index (χ1n) is 5.56. The minimum absolute atomic E-state index is 0.154. The van der Waals surface area contributed by atoms with Crippen LogP contribution in [0.4, 0.5) is 5.95 Å². The van der Waals surface area contributed by atoms with Crippen molar-refractivity contribution in [2.24, 2.45) is 0 Å². The van der Waals surface area contributed by atoms with Gasteiger partial charge in [0.25, 0.3) is 0 Å². The third-order valence-electron chi connectivity index (χ3n) is 2.85. The highest BCUT2D eigenvalue weighted by Gasteiger charge is 2.43. The van der Waals surface area contributed by atoms with Crippen LogP contribution < -0.4 is 11.4 Å². The zero-order chi connectivity index (χ0) is 13.3. The van der Waals surface area contributed by atoms with Gasteiger partial charge in [0.05, 0.1) is 6.10 Å². The number of aliphatic hydroxyl groups is 2. The van der Waals surface area contributed by atoms with Crippen LogP contribution in [0.3, 0.4) is 0 Å². The third kappa shape index (κ3) is 2.22. The van der Waals surface area contributed by atoms with Gasteiger partial charge in [-0.15, -0.1) is 0 Å². The maximum Gasteiger partial charge on any atom is 0.354 e. The molecule has 2 rings (SSSR count). The van der Waals surface area contributed by atoms with E-state index in [1.807, 2.05) is 0 Å². The van der Waals surface area contributed by atoms with Gasteiger partial charge in [-0.3, -0.25) is 4.57 Å². The quantitative estimate of drug-likeness (QED) is 0.597. The van der Waals surface area contributed by atoms with Gasteiger partial charge >= 0.3 is 5.69 Å². The zero-order valence-corrected chi connectivity index (χ0v) is 9.64. The van der Waals surface area contributed by atoms with Gasteiger partial charge in [-0.05, 0) is 6.42 Å². The summed E-state index contributed by atoms with van der Waals surface area (Å²) in [6, 6.07) is 0. The molecule has 1 aromatic heterocycles. The number of ether oxygens (including phenoxy) is 1. The van der Waals surface area contributed by atoms with Gasteiger partial charge in [-0.1, -0.05) is 13.3 Å². The van der Waals surface area contributed by atoms with E-state index >= 15 is 0 Å². The van der Waals surface area contributed by atoms with E-state index in [-0.39, 0.29) is 5.95 Å². The van der Waals surface area contributed by atoms with Crippen molar-refractivity contribution >= 4 is 5.95 Å². The van der Waals surface area contributed by atoms with Crippen molar-refractivity contribution in [3.8, 4) is 0 Å². The summed E-state index contributed by atoms with van der Waals surface area (Å²) in [6.45, 7) is 3.65. The molecule has 1 fully saturated rings. The normalized spacial score (nSPS) is 31.7. The van der Waals surface area contributed by atoms with Crippen molar-refractivity contribution < 1.29 is 14.9 Å². The standard InChI is InChI=1S/C10H15N4O4/c1-2-3-5-6(15)7(16)8(18-5)14-4-12-9(11)13-10(14)17/h4-8,15-16H,1-3H2,(H2,11,13,17)/t5-,6+,7-,8?/m1/s1. The highest BCUT2D eigenvalue weighted by molar-refractivity contribution is 5.10. The molecule has 99 valence electrons. The predicted molar refractivity (Wildman–Crippen MR) is 61.2 cm³/mol. The second-order valence-corrected chi connectivity index (χ2v) is 4.09. The van der Waals surface area contributed by atoms with E-state index in [9.17, 15) is 15.0 Å². The number of aliphatic hydroxyl groups excluding tert-OH is 2. The summed E-state index contributed by atoms with van der Waals surface area (Å²) < 4.78 is 6.44. The van der Waals surface area contributed by atoms with Crippen LogP contribution in [0.15, 0.2) is 11.1 Å². The summed E-state index contributed by atoms with van der Waals surface area (Å²) in [5.74, 6) is -0.154. The molecule has 1 unspecified atom stereocenters. The van der Waals surface area contributed by atoms with Gasteiger partial charge in [0, 0.05) is 0 Å². The van der Waals surface area contributed by atoms with Gasteiger partial charge in [0.1, 0.15) is 18.5 Å². The summed E-state index contributed by atoms with van der Waals surface area (Å²) in [4.78, 5) is 18.7. The van der Waals surface area contributed by atoms with E-state index < -0.39 is 30.2 Å². The SMILES string of the molecule is [CH2]CC[C@H]1OC(n2cnc(N)nc2=O)[C@H](O)[C@H]1O. The van der Waals surface area contributed by atoms with Gasteiger partial charge in [0.15, 0.2) is 6.23 Å². The number of rotatable bonds is 3. The van der Waals surface area contributed by atoms with Crippen LogP contribution in [0.5, 0.6) is 0 Å². The van der Waals surface area contributed by atoms with Gasteiger partial charge in [-0.25, -0.2) is 9.78 Å². The first kappa shape index (κ1) is 12.9. The average molecular weight is 255 g/mol.